The highest BCUT2D eigenvalue weighted by Crippen LogP contribution is 2.44. The van der Waals surface area contributed by atoms with E-state index in [0.29, 0.717) is 49.6 Å². The highest BCUT2D eigenvalue weighted by Gasteiger charge is 2.42. The van der Waals surface area contributed by atoms with Crippen LogP contribution < -0.4 is 15.4 Å². The van der Waals surface area contributed by atoms with Crippen LogP contribution in [0.5, 0.6) is 6.01 Å². The zero-order chi connectivity index (χ0) is 30.0. The first-order valence-electron chi connectivity index (χ1n) is 14.3. The molecule has 0 radical (unpaired) electrons. The van der Waals surface area contributed by atoms with E-state index in [9.17, 15) is 9.18 Å². The van der Waals surface area contributed by atoms with Crippen molar-refractivity contribution in [1.82, 2.24) is 24.8 Å². The Balaban J connectivity index is 1.32. The lowest BCUT2D eigenvalue weighted by Crippen LogP contribution is -2.33. The number of carbonyl (C=O) groups excluding carboxylic acids is 1. The molecule has 1 amide bonds. The van der Waals surface area contributed by atoms with E-state index in [1.807, 2.05) is 4.90 Å². The Labute approximate surface area is 255 Å². The molecule has 3 aliphatic rings. The van der Waals surface area contributed by atoms with Crippen molar-refractivity contribution in [3.8, 4) is 17.1 Å². The van der Waals surface area contributed by atoms with Gasteiger partial charge in [0, 0.05) is 60.6 Å². The molecule has 2 aromatic carbocycles. The van der Waals surface area contributed by atoms with Gasteiger partial charge in [0.05, 0.1) is 15.2 Å². The number of amides is 1. The molecule has 4 aromatic rings. The Morgan fingerprint density at radius 1 is 1.19 bits per heavy atom. The monoisotopic (exact) mass is 625 g/mol. The summed E-state index contributed by atoms with van der Waals surface area (Å²) in [7, 11) is 2.06. The largest absolute Gasteiger partial charge is 0.462 e. The number of hydrogen-bond acceptors (Lipinski definition) is 9. The molecule has 2 N–H and O–H groups in total. The maximum Gasteiger partial charge on any atom is 0.319 e. The predicted octanol–water partition coefficient (Wildman–Crippen LogP) is 4.97. The maximum absolute atomic E-state index is 16.7. The summed E-state index contributed by atoms with van der Waals surface area (Å²) in [6.45, 7) is 7.51. The number of benzene rings is 2. The summed E-state index contributed by atoms with van der Waals surface area (Å²) >= 11 is 7.78. The molecule has 0 bridgehead atoms. The molecule has 7 rings (SSSR count). The van der Waals surface area contributed by atoms with Gasteiger partial charge in [-0.2, -0.15) is 9.97 Å². The number of halogens is 3. The quantitative estimate of drug-likeness (QED) is 0.300. The van der Waals surface area contributed by atoms with Crippen LogP contribution in [0.3, 0.4) is 0 Å². The first kappa shape index (κ1) is 28.2. The second-order valence-corrected chi connectivity index (χ2v) is 13.0. The second kappa shape index (κ2) is 10.8. The molecule has 3 aliphatic heterocycles. The van der Waals surface area contributed by atoms with Crippen molar-refractivity contribution in [2.45, 2.75) is 18.9 Å². The zero-order valence-corrected chi connectivity index (χ0v) is 25.1. The third kappa shape index (κ3) is 4.85. The van der Waals surface area contributed by atoms with E-state index in [4.69, 9.17) is 27.1 Å². The number of likely N-dealkylation sites (N-methyl/N-ethyl adjacent to an activating group) is 1. The van der Waals surface area contributed by atoms with Crippen LogP contribution in [0.1, 0.15) is 12.8 Å². The number of fused-ring (bicyclic) bond motifs is 3. The summed E-state index contributed by atoms with van der Waals surface area (Å²) in [5, 5.41) is 0.744. The summed E-state index contributed by atoms with van der Waals surface area (Å²) in [6.07, 6.45) is 3.43. The van der Waals surface area contributed by atoms with Crippen molar-refractivity contribution in [2.75, 3.05) is 57.0 Å². The number of aromatic nitrogens is 3. The highest BCUT2D eigenvalue weighted by atomic mass is 35.5. The number of rotatable bonds is 6. The highest BCUT2D eigenvalue weighted by molar-refractivity contribution is 7.22. The fraction of sp³-hybridized carbons (Fsp3) is 0.400. The number of nitrogens with two attached hydrogens (primary N) is 1. The van der Waals surface area contributed by atoms with E-state index < -0.39 is 11.6 Å². The van der Waals surface area contributed by atoms with Crippen molar-refractivity contribution in [3.63, 3.8) is 0 Å². The summed E-state index contributed by atoms with van der Waals surface area (Å²) in [6, 6.07) is 4.68. The Bertz CT molecular complexity index is 1770. The molecule has 0 spiro atoms. The lowest BCUT2D eigenvalue weighted by molar-refractivity contribution is -0.125. The minimum absolute atomic E-state index is 0.0559. The first-order chi connectivity index (χ1) is 20.7. The van der Waals surface area contributed by atoms with Crippen molar-refractivity contribution >= 4 is 60.9 Å². The number of nitrogen functional groups attached to an aromatic ring is 1. The van der Waals surface area contributed by atoms with Crippen LogP contribution in [-0.4, -0.2) is 83.1 Å². The summed E-state index contributed by atoms with van der Waals surface area (Å²) in [5.74, 6) is -0.212. The fourth-order valence-electron chi connectivity index (χ4n) is 6.74. The van der Waals surface area contributed by atoms with E-state index in [0.717, 1.165) is 30.7 Å². The van der Waals surface area contributed by atoms with Gasteiger partial charge >= 0.3 is 6.01 Å². The molecule has 43 heavy (non-hydrogen) atoms. The van der Waals surface area contributed by atoms with Gasteiger partial charge in [-0.3, -0.25) is 4.79 Å². The molecular formula is C30H30ClF2N7O2S. The Hall–Kier alpha value is -3.61. The van der Waals surface area contributed by atoms with Crippen LogP contribution in [0.4, 0.5) is 19.7 Å². The molecule has 3 atom stereocenters. The lowest BCUT2D eigenvalue weighted by atomic mass is 10.0. The Morgan fingerprint density at radius 3 is 2.65 bits per heavy atom. The molecule has 13 heteroatoms. The van der Waals surface area contributed by atoms with Gasteiger partial charge in [0.25, 0.3) is 0 Å². The standard InChI is InChI=1S/C30H30ClF2N7O2S/c1-3-22(41)39-10-15-12-40(13-16(15)11-39)28-19-9-20(31)23(18-6-7-21(32)27-26(18)35-29(34)43-27)24(33)25(19)36-30(37-28)42-14-17-5-4-8-38(17)2/h3,6-7,9,15-17H,1,4-5,8,10-14H2,2H3,(H2,34,35)/t15?,16?,17-/m0/s1. The van der Waals surface area contributed by atoms with Crippen LogP contribution in [0, 0.1) is 23.5 Å². The van der Waals surface area contributed by atoms with Gasteiger partial charge < -0.3 is 25.2 Å². The second-order valence-electron chi connectivity index (χ2n) is 11.6. The van der Waals surface area contributed by atoms with E-state index >= 15 is 4.39 Å². The van der Waals surface area contributed by atoms with Crippen LogP contribution in [0.15, 0.2) is 30.9 Å². The minimum atomic E-state index is -0.671. The minimum Gasteiger partial charge on any atom is -0.462 e. The fourth-order valence-corrected chi connectivity index (χ4v) is 7.80. The summed E-state index contributed by atoms with van der Waals surface area (Å²) in [4.78, 5) is 32.0. The third-order valence-corrected chi connectivity index (χ3v) is 10.2. The number of hydrogen-bond donors (Lipinski definition) is 1. The maximum atomic E-state index is 16.7. The molecule has 0 saturated carbocycles. The number of anilines is 2. The number of thiazole rings is 1. The summed E-state index contributed by atoms with van der Waals surface area (Å²) < 4.78 is 37.6. The lowest BCUT2D eigenvalue weighted by Gasteiger charge is -2.24. The zero-order valence-electron chi connectivity index (χ0n) is 23.5. The van der Waals surface area contributed by atoms with Crippen LogP contribution in [-0.2, 0) is 4.79 Å². The van der Waals surface area contributed by atoms with Gasteiger partial charge in [-0.15, -0.1) is 0 Å². The number of nitrogens with zero attached hydrogens (tertiary/aromatic N) is 6. The smallest absolute Gasteiger partial charge is 0.319 e. The number of carbonyl (C=O) groups is 1. The van der Waals surface area contributed by atoms with Gasteiger partial charge in [0.15, 0.2) is 10.9 Å². The van der Waals surface area contributed by atoms with Crippen LogP contribution in [0.2, 0.25) is 5.02 Å². The third-order valence-electron chi connectivity index (χ3n) is 8.97. The molecule has 3 saturated heterocycles. The molecule has 5 heterocycles. The Morgan fingerprint density at radius 2 is 1.95 bits per heavy atom. The molecule has 3 fully saturated rings. The molecule has 2 unspecified atom stereocenters. The van der Waals surface area contributed by atoms with Gasteiger partial charge in [0.2, 0.25) is 5.91 Å². The van der Waals surface area contributed by atoms with Crippen LogP contribution in [0.25, 0.3) is 32.2 Å². The average molecular weight is 626 g/mol. The topological polar surface area (TPSA) is 101 Å². The van der Waals surface area contributed by atoms with Crippen molar-refractivity contribution < 1.29 is 18.3 Å². The van der Waals surface area contributed by atoms with Gasteiger partial charge in [0.1, 0.15) is 23.8 Å². The average Bonchev–Trinajstić information content (AvgIpc) is 3.76. The number of likely N-dealkylation sites (tertiary alicyclic amines) is 2. The van der Waals surface area contributed by atoms with E-state index in [2.05, 4.69) is 33.4 Å². The SMILES string of the molecule is C=CC(=O)N1CC2CN(c3nc(OC[C@@H]4CCCN4C)nc4c(F)c(-c5ccc(F)c6sc(N)nc56)c(Cl)cc34)CC2C1. The van der Waals surface area contributed by atoms with Gasteiger partial charge in [-0.25, -0.2) is 13.8 Å². The first-order valence-corrected chi connectivity index (χ1v) is 15.4. The van der Waals surface area contributed by atoms with Gasteiger partial charge in [-0.1, -0.05) is 29.5 Å². The molecule has 224 valence electrons. The molecule has 0 aliphatic carbocycles. The molecule has 2 aromatic heterocycles. The van der Waals surface area contributed by atoms with Crippen LogP contribution >= 0.6 is 22.9 Å². The van der Waals surface area contributed by atoms with Crippen molar-refractivity contribution in [2.24, 2.45) is 11.8 Å². The predicted molar refractivity (Wildman–Crippen MR) is 165 cm³/mol. The van der Waals surface area contributed by atoms with Crippen molar-refractivity contribution in [1.29, 1.82) is 0 Å². The summed E-state index contributed by atoms with van der Waals surface area (Å²) in [5.41, 5.74) is 6.57. The normalized spacial score (nSPS) is 22.2. The van der Waals surface area contributed by atoms with E-state index in [1.165, 1.54) is 18.2 Å². The number of ether oxygens (including phenoxy) is 1. The van der Waals surface area contributed by atoms with Gasteiger partial charge in [-0.05, 0) is 50.7 Å². The van der Waals surface area contributed by atoms with E-state index in [1.54, 1.807) is 6.07 Å². The van der Waals surface area contributed by atoms with Crippen molar-refractivity contribution in [3.05, 3.63) is 47.5 Å². The Kier molecular flexibility index (Phi) is 7.10. The van der Waals surface area contributed by atoms with E-state index in [-0.39, 0.29) is 61.2 Å². The molecular weight excluding hydrogens is 596 g/mol. The molecule has 9 nitrogen and oxygen atoms in total.